The Morgan fingerprint density at radius 3 is 2.48 bits per heavy atom. The molecule has 0 radical (unpaired) electrons. The number of aromatic nitrogens is 4. The van der Waals surface area contributed by atoms with Crippen molar-refractivity contribution in [3.8, 4) is 0 Å². The molecule has 134 valence electrons. The highest BCUT2D eigenvalue weighted by Gasteiger charge is 2.29. The van der Waals surface area contributed by atoms with Gasteiger partial charge in [-0.05, 0) is 24.4 Å². The fourth-order valence-electron chi connectivity index (χ4n) is 3.41. The van der Waals surface area contributed by atoms with Crippen molar-refractivity contribution in [3.05, 3.63) is 16.8 Å². The summed E-state index contributed by atoms with van der Waals surface area (Å²) in [6.45, 7) is 3.97. The lowest BCUT2D eigenvalue weighted by molar-refractivity contribution is 0.0403. The summed E-state index contributed by atoms with van der Waals surface area (Å²) in [5.41, 5.74) is 1.20. The SMILES string of the molecule is O=C(N1CCOCC1)N1CCC(n2cnc3c(Cl)nc(Cl)nc32)CC1. The van der Waals surface area contributed by atoms with Crippen LogP contribution in [-0.4, -0.2) is 74.7 Å². The van der Waals surface area contributed by atoms with E-state index in [-0.39, 0.29) is 22.5 Å². The second kappa shape index (κ2) is 6.93. The first-order chi connectivity index (χ1) is 12.1. The number of carbonyl (C=O) groups is 1. The fraction of sp³-hybridized carbons (Fsp3) is 0.600. The summed E-state index contributed by atoms with van der Waals surface area (Å²) in [6, 6.07) is 0.312. The molecule has 2 aromatic heterocycles. The highest BCUT2D eigenvalue weighted by Crippen LogP contribution is 2.29. The molecule has 2 saturated heterocycles. The Labute approximate surface area is 154 Å². The summed E-state index contributed by atoms with van der Waals surface area (Å²) < 4.78 is 7.30. The van der Waals surface area contributed by atoms with Crippen molar-refractivity contribution in [2.24, 2.45) is 0 Å². The van der Waals surface area contributed by atoms with Crippen molar-refractivity contribution < 1.29 is 9.53 Å². The quantitative estimate of drug-likeness (QED) is 0.556. The molecule has 2 aromatic rings. The Morgan fingerprint density at radius 2 is 1.76 bits per heavy atom. The summed E-state index contributed by atoms with van der Waals surface area (Å²) in [5, 5.41) is 0.368. The zero-order chi connectivity index (χ0) is 17.4. The number of morpholine rings is 1. The average molecular weight is 385 g/mol. The number of ether oxygens (including phenoxy) is 1. The lowest BCUT2D eigenvalue weighted by Gasteiger charge is -2.37. The van der Waals surface area contributed by atoms with Crippen LogP contribution in [0.5, 0.6) is 0 Å². The molecule has 0 N–H and O–H groups in total. The van der Waals surface area contributed by atoms with E-state index in [9.17, 15) is 4.79 Å². The Kier molecular flexibility index (Phi) is 4.66. The smallest absolute Gasteiger partial charge is 0.320 e. The van der Waals surface area contributed by atoms with E-state index in [1.165, 1.54) is 0 Å². The summed E-state index contributed by atoms with van der Waals surface area (Å²) >= 11 is 12.0. The van der Waals surface area contributed by atoms with Crippen LogP contribution in [0.2, 0.25) is 10.4 Å². The minimum atomic E-state index is 0.102. The van der Waals surface area contributed by atoms with E-state index in [1.54, 1.807) is 6.33 Å². The van der Waals surface area contributed by atoms with Crippen LogP contribution in [0.3, 0.4) is 0 Å². The van der Waals surface area contributed by atoms with E-state index >= 15 is 0 Å². The zero-order valence-electron chi connectivity index (χ0n) is 13.6. The van der Waals surface area contributed by atoms with Crippen molar-refractivity contribution in [1.82, 2.24) is 29.3 Å². The summed E-state index contributed by atoms with van der Waals surface area (Å²) in [6.07, 6.45) is 3.40. The normalized spacial score (nSPS) is 19.6. The molecule has 0 bridgehead atoms. The number of nitrogens with zero attached hydrogens (tertiary/aromatic N) is 6. The molecular formula is C15H18Cl2N6O2. The van der Waals surface area contributed by atoms with E-state index in [4.69, 9.17) is 27.9 Å². The van der Waals surface area contributed by atoms with Crippen molar-refractivity contribution in [1.29, 1.82) is 0 Å². The minimum Gasteiger partial charge on any atom is -0.378 e. The van der Waals surface area contributed by atoms with Crippen LogP contribution in [0.25, 0.3) is 11.2 Å². The number of amides is 2. The van der Waals surface area contributed by atoms with Crippen molar-refractivity contribution in [3.63, 3.8) is 0 Å². The standard InChI is InChI=1S/C15H18Cl2N6O2/c16-12-11-13(20-14(17)19-12)23(9-18-11)10-1-3-21(4-2-10)15(24)22-5-7-25-8-6-22/h9-10H,1-8H2. The Bertz CT molecular complexity index is 784. The Morgan fingerprint density at radius 1 is 1.08 bits per heavy atom. The molecule has 0 saturated carbocycles. The third-order valence-corrected chi connectivity index (χ3v) is 5.19. The zero-order valence-corrected chi connectivity index (χ0v) is 15.1. The number of urea groups is 1. The molecule has 2 aliphatic heterocycles. The number of halogens is 2. The van der Waals surface area contributed by atoms with Gasteiger partial charge in [0.05, 0.1) is 19.5 Å². The molecule has 2 aliphatic rings. The Hall–Kier alpha value is -1.64. The molecule has 0 atom stereocenters. The number of hydrogen-bond acceptors (Lipinski definition) is 5. The van der Waals surface area contributed by atoms with Gasteiger partial charge in [0.25, 0.3) is 0 Å². The monoisotopic (exact) mass is 384 g/mol. The van der Waals surface area contributed by atoms with Crippen molar-refractivity contribution in [2.45, 2.75) is 18.9 Å². The number of imidazole rings is 1. The molecule has 0 aromatic carbocycles. The number of rotatable bonds is 1. The lowest BCUT2D eigenvalue weighted by atomic mass is 10.1. The molecule has 4 rings (SSSR count). The number of carbonyl (C=O) groups excluding carboxylic acids is 1. The van der Waals surface area contributed by atoms with Gasteiger partial charge in [-0.1, -0.05) is 11.6 Å². The van der Waals surface area contributed by atoms with Gasteiger partial charge in [-0.3, -0.25) is 0 Å². The first kappa shape index (κ1) is 16.8. The topological polar surface area (TPSA) is 76.4 Å². The van der Waals surface area contributed by atoms with Crippen LogP contribution in [0.15, 0.2) is 6.33 Å². The van der Waals surface area contributed by atoms with Gasteiger partial charge in [0.2, 0.25) is 5.28 Å². The lowest BCUT2D eigenvalue weighted by Crippen LogP contribution is -2.50. The van der Waals surface area contributed by atoms with Crippen molar-refractivity contribution in [2.75, 3.05) is 39.4 Å². The second-order valence-corrected chi connectivity index (χ2v) is 6.90. The van der Waals surface area contributed by atoms with Crippen LogP contribution in [0, 0.1) is 0 Å². The minimum absolute atomic E-state index is 0.102. The first-order valence-corrected chi connectivity index (χ1v) is 9.06. The van der Waals surface area contributed by atoms with Gasteiger partial charge in [0.15, 0.2) is 10.8 Å². The van der Waals surface area contributed by atoms with Crippen LogP contribution < -0.4 is 0 Å². The van der Waals surface area contributed by atoms with Gasteiger partial charge in [-0.2, -0.15) is 4.98 Å². The molecule has 25 heavy (non-hydrogen) atoms. The third-order valence-electron chi connectivity index (χ3n) is 4.76. The third kappa shape index (κ3) is 3.26. The molecule has 0 aliphatic carbocycles. The molecule has 0 spiro atoms. The molecule has 10 heteroatoms. The molecule has 0 unspecified atom stereocenters. The maximum atomic E-state index is 12.6. The molecule has 2 fully saturated rings. The van der Waals surface area contributed by atoms with Crippen LogP contribution >= 0.6 is 23.2 Å². The van der Waals surface area contributed by atoms with Crippen LogP contribution in [0.1, 0.15) is 18.9 Å². The maximum Gasteiger partial charge on any atom is 0.320 e. The average Bonchev–Trinajstić information content (AvgIpc) is 3.06. The van der Waals surface area contributed by atoms with E-state index in [1.807, 2.05) is 14.4 Å². The highest BCUT2D eigenvalue weighted by molar-refractivity contribution is 6.35. The van der Waals surface area contributed by atoms with Gasteiger partial charge in [-0.15, -0.1) is 0 Å². The number of fused-ring (bicyclic) bond motifs is 1. The molecule has 4 heterocycles. The largest absolute Gasteiger partial charge is 0.378 e. The predicted octanol–water partition coefficient (Wildman–Crippen LogP) is 2.22. The fourth-order valence-corrected chi connectivity index (χ4v) is 3.84. The van der Waals surface area contributed by atoms with Gasteiger partial charge in [0.1, 0.15) is 5.52 Å². The van der Waals surface area contributed by atoms with Gasteiger partial charge in [-0.25, -0.2) is 14.8 Å². The van der Waals surface area contributed by atoms with E-state index in [0.717, 1.165) is 12.8 Å². The maximum absolute atomic E-state index is 12.6. The molecule has 2 amide bonds. The van der Waals surface area contributed by atoms with E-state index < -0.39 is 0 Å². The Balaban J connectivity index is 1.46. The van der Waals surface area contributed by atoms with E-state index in [0.29, 0.717) is 50.6 Å². The van der Waals surface area contributed by atoms with Crippen molar-refractivity contribution >= 4 is 40.4 Å². The van der Waals surface area contributed by atoms with Gasteiger partial charge < -0.3 is 19.1 Å². The predicted molar refractivity (Wildman–Crippen MR) is 93.0 cm³/mol. The summed E-state index contributed by atoms with van der Waals surface area (Å²) in [5.74, 6) is 0. The second-order valence-electron chi connectivity index (χ2n) is 6.21. The molecule has 8 nitrogen and oxygen atoms in total. The molecular weight excluding hydrogens is 367 g/mol. The number of piperidine rings is 1. The van der Waals surface area contributed by atoms with Crippen LogP contribution in [-0.2, 0) is 4.74 Å². The summed E-state index contributed by atoms with van der Waals surface area (Å²) in [4.78, 5) is 28.8. The van der Waals surface area contributed by atoms with Gasteiger partial charge in [0, 0.05) is 32.2 Å². The van der Waals surface area contributed by atoms with Crippen LogP contribution in [0.4, 0.5) is 4.79 Å². The highest BCUT2D eigenvalue weighted by atomic mass is 35.5. The summed E-state index contributed by atoms with van der Waals surface area (Å²) in [7, 11) is 0. The number of hydrogen-bond donors (Lipinski definition) is 0. The number of likely N-dealkylation sites (tertiary alicyclic amines) is 1. The van der Waals surface area contributed by atoms with E-state index in [2.05, 4.69) is 15.0 Å². The first-order valence-electron chi connectivity index (χ1n) is 8.30. The van der Waals surface area contributed by atoms with Gasteiger partial charge >= 0.3 is 6.03 Å².